The van der Waals surface area contributed by atoms with Crippen LogP contribution in [-0.4, -0.2) is 17.3 Å². The van der Waals surface area contributed by atoms with Crippen LogP contribution in [0.3, 0.4) is 0 Å². The van der Waals surface area contributed by atoms with Crippen LogP contribution < -0.4 is 5.73 Å². The summed E-state index contributed by atoms with van der Waals surface area (Å²) in [5, 5.41) is 11.4. The van der Waals surface area contributed by atoms with Crippen molar-refractivity contribution in [2.75, 3.05) is 6.54 Å². The second-order valence-corrected chi connectivity index (χ2v) is 7.39. The molecule has 2 aliphatic rings. The van der Waals surface area contributed by atoms with Crippen LogP contribution in [0.2, 0.25) is 0 Å². The Morgan fingerprint density at radius 1 is 1.11 bits per heavy atom. The van der Waals surface area contributed by atoms with Gasteiger partial charge in [-0.1, -0.05) is 33.6 Å². The van der Waals surface area contributed by atoms with E-state index in [-0.39, 0.29) is 5.41 Å². The van der Waals surface area contributed by atoms with Crippen LogP contribution in [0.15, 0.2) is 0 Å². The fourth-order valence-corrected chi connectivity index (χ4v) is 4.83. The summed E-state index contributed by atoms with van der Waals surface area (Å²) in [5.74, 6) is 1.88. The molecule has 2 nitrogen and oxygen atoms in total. The number of hydrogen-bond acceptors (Lipinski definition) is 2. The molecular formula is C16H31NO. The molecular weight excluding hydrogens is 222 g/mol. The largest absolute Gasteiger partial charge is 0.389 e. The van der Waals surface area contributed by atoms with Gasteiger partial charge < -0.3 is 10.8 Å². The van der Waals surface area contributed by atoms with Crippen molar-refractivity contribution in [1.82, 2.24) is 0 Å². The van der Waals surface area contributed by atoms with E-state index < -0.39 is 5.60 Å². The first-order valence-corrected chi connectivity index (χ1v) is 7.86. The zero-order valence-corrected chi connectivity index (χ0v) is 12.4. The average Bonchev–Trinajstić information content (AvgIpc) is 2.34. The van der Waals surface area contributed by atoms with E-state index in [2.05, 4.69) is 20.8 Å². The molecule has 0 amide bonds. The van der Waals surface area contributed by atoms with Gasteiger partial charge in [-0.3, -0.25) is 0 Å². The molecule has 0 aromatic heterocycles. The normalized spacial score (nSPS) is 50.2. The highest BCUT2D eigenvalue weighted by Gasteiger charge is 2.54. The summed E-state index contributed by atoms with van der Waals surface area (Å²) in [7, 11) is 0. The topological polar surface area (TPSA) is 46.2 Å². The highest BCUT2D eigenvalue weighted by Crippen LogP contribution is 2.54. The summed E-state index contributed by atoms with van der Waals surface area (Å²) in [4.78, 5) is 0. The minimum absolute atomic E-state index is 0.00970. The smallest absolute Gasteiger partial charge is 0.0741 e. The lowest BCUT2D eigenvalue weighted by atomic mass is 9.53. The van der Waals surface area contributed by atoms with Crippen molar-refractivity contribution < 1.29 is 5.11 Å². The second kappa shape index (κ2) is 5.13. The van der Waals surface area contributed by atoms with Gasteiger partial charge >= 0.3 is 0 Å². The molecule has 2 rings (SSSR count). The zero-order chi connectivity index (χ0) is 13.4. The van der Waals surface area contributed by atoms with Gasteiger partial charge in [-0.2, -0.15) is 0 Å². The minimum atomic E-state index is -0.511. The molecule has 0 bridgehead atoms. The van der Waals surface area contributed by atoms with Gasteiger partial charge in [0.1, 0.15) is 0 Å². The lowest BCUT2D eigenvalue weighted by molar-refractivity contribution is -0.165. The predicted octanol–water partition coefficient (Wildman–Crippen LogP) is 3.33. The molecule has 2 fully saturated rings. The van der Waals surface area contributed by atoms with Crippen molar-refractivity contribution in [3.05, 3.63) is 0 Å². The van der Waals surface area contributed by atoms with Crippen molar-refractivity contribution in [3.63, 3.8) is 0 Å². The van der Waals surface area contributed by atoms with E-state index in [1.807, 2.05) is 0 Å². The zero-order valence-electron chi connectivity index (χ0n) is 12.4. The fraction of sp³-hybridized carbons (Fsp3) is 1.00. The third-order valence-corrected chi connectivity index (χ3v) is 5.99. The van der Waals surface area contributed by atoms with Crippen molar-refractivity contribution >= 4 is 0 Å². The molecule has 0 radical (unpaired) electrons. The average molecular weight is 253 g/mol. The summed E-state index contributed by atoms with van der Waals surface area (Å²) >= 11 is 0. The van der Waals surface area contributed by atoms with Gasteiger partial charge in [-0.25, -0.2) is 0 Å². The minimum Gasteiger partial charge on any atom is -0.389 e. The van der Waals surface area contributed by atoms with E-state index in [0.29, 0.717) is 12.5 Å². The Morgan fingerprint density at radius 3 is 2.39 bits per heavy atom. The molecule has 2 aliphatic carbocycles. The Morgan fingerprint density at radius 2 is 1.83 bits per heavy atom. The van der Waals surface area contributed by atoms with E-state index in [1.165, 1.54) is 12.8 Å². The molecule has 2 saturated carbocycles. The van der Waals surface area contributed by atoms with E-state index >= 15 is 0 Å². The van der Waals surface area contributed by atoms with E-state index in [1.54, 1.807) is 0 Å². The Bertz CT molecular complexity index is 293. The third kappa shape index (κ3) is 2.22. The molecule has 18 heavy (non-hydrogen) atoms. The summed E-state index contributed by atoms with van der Waals surface area (Å²) < 4.78 is 0. The number of aliphatic hydroxyl groups is 1. The summed E-state index contributed by atoms with van der Waals surface area (Å²) in [6.07, 6.45) is 8.08. The lowest BCUT2D eigenvalue weighted by Crippen LogP contribution is -2.59. The first-order valence-electron chi connectivity index (χ1n) is 7.86. The maximum Gasteiger partial charge on any atom is 0.0741 e. The highest BCUT2D eigenvalue weighted by atomic mass is 16.3. The summed E-state index contributed by atoms with van der Waals surface area (Å²) in [6, 6.07) is 0. The van der Waals surface area contributed by atoms with E-state index in [9.17, 15) is 5.11 Å². The molecule has 0 aliphatic heterocycles. The van der Waals surface area contributed by atoms with E-state index in [0.717, 1.165) is 43.9 Å². The molecule has 5 atom stereocenters. The fourth-order valence-electron chi connectivity index (χ4n) is 4.83. The van der Waals surface area contributed by atoms with Gasteiger partial charge in [0.05, 0.1) is 5.60 Å². The molecule has 0 heterocycles. The molecule has 106 valence electrons. The molecule has 0 saturated heterocycles. The van der Waals surface area contributed by atoms with Crippen LogP contribution in [0.1, 0.15) is 65.7 Å². The van der Waals surface area contributed by atoms with Crippen LogP contribution in [0.25, 0.3) is 0 Å². The molecule has 3 N–H and O–H groups in total. The van der Waals surface area contributed by atoms with Gasteiger partial charge in [0.15, 0.2) is 0 Å². The van der Waals surface area contributed by atoms with Gasteiger partial charge in [0.25, 0.3) is 0 Å². The Kier molecular flexibility index (Phi) is 4.08. The van der Waals surface area contributed by atoms with Gasteiger partial charge in [0.2, 0.25) is 0 Å². The van der Waals surface area contributed by atoms with Crippen LogP contribution >= 0.6 is 0 Å². The monoisotopic (exact) mass is 253 g/mol. The Labute approximate surface area is 112 Å². The summed E-state index contributed by atoms with van der Waals surface area (Å²) in [6.45, 7) is 7.54. The second-order valence-electron chi connectivity index (χ2n) is 7.39. The maximum absolute atomic E-state index is 11.4. The quantitative estimate of drug-likeness (QED) is 0.793. The van der Waals surface area contributed by atoms with Crippen LogP contribution in [-0.2, 0) is 0 Å². The third-order valence-electron chi connectivity index (χ3n) is 5.99. The Balaban J connectivity index is 2.24. The van der Waals surface area contributed by atoms with Crippen molar-refractivity contribution in [3.8, 4) is 0 Å². The molecule has 2 heteroatoms. The summed E-state index contributed by atoms with van der Waals surface area (Å²) in [5.41, 5.74) is 5.63. The van der Waals surface area contributed by atoms with Crippen LogP contribution in [0, 0.1) is 23.2 Å². The first kappa shape index (κ1) is 14.3. The molecule has 0 spiro atoms. The van der Waals surface area contributed by atoms with Crippen molar-refractivity contribution in [2.45, 2.75) is 71.3 Å². The van der Waals surface area contributed by atoms with E-state index in [4.69, 9.17) is 5.73 Å². The SMILES string of the molecule is CC1CCC(O)(C2(CN)CCCC(C)C2)C(C)C1. The number of nitrogens with two attached hydrogens (primary N) is 1. The molecule has 0 aromatic rings. The maximum atomic E-state index is 11.4. The van der Waals surface area contributed by atoms with Crippen molar-refractivity contribution in [1.29, 1.82) is 0 Å². The van der Waals surface area contributed by atoms with Crippen LogP contribution in [0.4, 0.5) is 0 Å². The predicted molar refractivity (Wildman–Crippen MR) is 76.2 cm³/mol. The number of rotatable bonds is 2. The number of hydrogen-bond donors (Lipinski definition) is 2. The van der Waals surface area contributed by atoms with Crippen molar-refractivity contribution in [2.24, 2.45) is 28.9 Å². The molecule has 5 unspecified atom stereocenters. The Hall–Kier alpha value is -0.0800. The standard InChI is InChI=1S/C16H31NO/c1-12-6-8-16(18,14(3)9-12)15(11-17)7-4-5-13(2)10-15/h12-14,18H,4-11,17H2,1-3H3. The first-order chi connectivity index (χ1) is 8.43. The van der Waals surface area contributed by atoms with Gasteiger partial charge in [-0.05, 0) is 49.9 Å². The highest BCUT2D eigenvalue weighted by molar-refractivity contribution is 5.06. The van der Waals surface area contributed by atoms with Crippen LogP contribution in [0.5, 0.6) is 0 Å². The van der Waals surface area contributed by atoms with Gasteiger partial charge in [0, 0.05) is 12.0 Å². The lowest BCUT2D eigenvalue weighted by Gasteiger charge is -2.56. The van der Waals surface area contributed by atoms with Gasteiger partial charge in [-0.15, -0.1) is 0 Å². The molecule has 0 aromatic carbocycles.